The molecule has 1 amide bonds. The molecule has 9 nitrogen and oxygen atoms in total. The number of hydrogen-bond acceptors (Lipinski definition) is 6. The fraction of sp³-hybridized carbons (Fsp3) is 0.361. The van der Waals surface area contributed by atoms with Gasteiger partial charge in [-0.25, -0.2) is 13.4 Å². The maximum Gasteiger partial charge on any atom is 0.254 e. The van der Waals surface area contributed by atoms with Crippen LogP contribution in [0, 0.1) is 0 Å². The molecular formula is C36H39N5O4S. The van der Waals surface area contributed by atoms with Gasteiger partial charge in [-0.15, -0.1) is 0 Å². The minimum absolute atomic E-state index is 0.0153. The van der Waals surface area contributed by atoms with Crippen LogP contribution in [0.25, 0.3) is 44.3 Å². The number of nitrogens with one attached hydrogen (secondary N) is 1. The first-order valence-electron chi connectivity index (χ1n) is 15.9. The monoisotopic (exact) mass is 637 g/mol. The number of nitrogens with zero attached hydrogens (tertiary/aromatic N) is 4. The van der Waals surface area contributed by atoms with Crippen molar-refractivity contribution in [1.29, 1.82) is 0 Å². The van der Waals surface area contributed by atoms with Gasteiger partial charge in [-0.05, 0) is 55.1 Å². The zero-order valence-electron chi connectivity index (χ0n) is 26.5. The Bertz CT molecular complexity index is 2110. The van der Waals surface area contributed by atoms with Crippen molar-refractivity contribution in [3.63, 3.8) is 0 Å². The second kappa shape index (κ2) is 11.8. The molecular weight excluding hydrogens is 598 g/mol. The number of aromatic amines is 1. The topological polar surface area (TPSA) is 108 Å². The van der Waals surface area contributed by atoms with E-state index in [0.29, 0.717) is 25.9 Å². The third kappa shape index (κ3) is 5.54. The number of likely N-dealkylation sites (tertiary alicyclic amines) is 2. The molecule has 0 aliphatic carbocycles. The second-order valence-corrected chi connectivity index (χ2v) is 15.3. The highest BCUT2D eigenvalue weighted by Crippen LogP contribution is 2.41. The van der Waals surface area contributed by atoms with Crippen molar-refractivity contribution in [3.05, 3.63) is 88.3 Å². The number of sulfone groups is 1. The standard InChI is InChI=1S/C36H39N5O4S/c1-23(42)41-18-13-27(22-41)29-19-30-31(39(2)36(29)43)20-37-35-33(30)32(25-7-5-4-6-8-25)34(38-35)26-11-9-24(10-12-26)21-40-16-14-28(15-17-40)46(3,44)45/h4-12,19-20,27-28H,13-18,21-22H2,1-3H3,(H,37,38). The molecule has 3 aromatic heterocycles. The van der Waals surface area contributed by atoms with Gasteiger partial charge in [0.1, 0.15) is 15.5 Å². The highest BCUT2D eigenvalue weighted by molar-refractivity contribution is 7.91. The number of carbonyl (C=O) groups is 1. The number of fused-ring (bicyclic) bond motifs is 3. The molecule has 2 saturated heterocycles. The minimum atomic E-state index is -2.99. The summed E-state index contributed by atoms with van der Waals surface area (Å²) >= 11 is 0. The SMILES string of the molecule is CC(=O)N1CCC(c2cc3c4c(-c5ccccc5)c(-c5ccc(CN6CCC(S(C)(=O)=O)CC6)cc5)[nH]c4ncc3n(C)c2=O)C1. The van der Waals surface area contributed by atoms with Gasteiger partial charge < -0.3 is 14.5 Å². The lowest BCUT2D eigenvalue weighted by molar-refractivity contribution is -0.127. The molecule has 2 aromatic carbocycles. The highest BCUT2D eigenvalue weighted by atomic mass is 32.2. The lowest BCUT2D eigenvalue weighted by Gasteiger charge is -2.31. The molecule has 0 spiro atoms. The summed E-state index contributed by atoms with van der Waals surface area (Å²) in [7, 11) is -1.19. The number of amides is 1. The van der Waals surface area contributed by atoms with Crippen LogP contribution < -0.4 is 5.56 Å². The third-order valence-corrected chi connectivity index (χ3v) is 11.7. The van der Waals surface area contributed by atoms with Crippen LogP contribution in [-0.2, 0) is 28.2 Å². The summed E-state index contributed by atoms with van der Waals surface area (Å²) in [5.41, 5.74) is 7.46. The van der Waals surface area contributed by atoms with Gasteiger partial charge in [-0.1, -0.05) is 54.6 Å². The maximum atomic E-state index is 13.6. The quantitative estimate of drug-likeness (QED) is 0.278. The second-order valence-electron chi connectivity index (χ2n) is 12.9. The van der Waals surface area contributed by atoms with Crippen molar-refractivity contribution in [1.82, 2.24) is 24.3 Å². The van der Waals surface area contributed by atoms with E-state index < -0.39 is 9.84 Å². The number of pyridine rings is 2. The van der Waals surface area contributed by atoms with Gasteiger partial charge >= 0.3 is 0 Å². The molecule has 2 aliphatic heterocycles. The fourth-order valence-electron chi connectivity index (χ4n) is 7.34. The largest absolute Gasteiger partial charge is 0.342 e. The molecule has 10 heteroatoms. The smallest absolute Gasteiger partial charge is 0.254 e. The Morgan fingerprint density at radius 1 is 0.978 bits per heavy atom. The number of H-pyrrole nitrogens is 1. The Labute approximate surface area is 268 Å². The van der Waals surface area contributed by atoms with Crippen LogP contribution in [0.1, 0.15) is 43.2 Å². The summed E-state index contributed by atoms with van der Waals surface area (Å²) in [6.07, 6.45) is 5.23. The summed E-state index contributed by atoms with van der Waals surface area (Å²) in [5, 5.41) is 1.69. The Kier molecular flexibility index (Phi) is 7.81. The van der Waals surface area contributed by atoms with Crippen molar-refractivity contribution in [2.24, 2.45) is 7.05 Å². The molecule has 0 saturated carbocycles. The highest BCUT2D eigenvalue weighted by Gasteiger charge is 2.29. The van der Waals surface area contributed by atoms with Crippen molar-refractivity contribution >= 4 is 37.7 Å². The van der Waals surface area contributed by atoms with E-state index in [1.807, 2.05) is 29.2 Å². The number of carbonyl (C=O) groups excluding carboxylic acids is 1. The van der Waals surface area contributed by atoms with E-state index in [1.54, 1.807) is 24.7 Å². The number of aromatic nitrogens is 3. The van der Waals surface area contributed by atoms with Crippen LogP contribution in [0.4, 0.5) is 0 Å². The normalized spacial score (nSPS) is 18.2. The summed E-state index contributed by atoms with van der Waals surface area (Å²) in [5.74, 6) is 0.0226. The molecule has 46 heavy (non-hydrogen) atoms. The van der Waals surface area contributed by atoms with Crippen LogP contribution in [0.2, 0.25) is 0 Å². The molecule has 0 bridgehead atoms. The van der Waals surface area contributed by atoms with E-state index in [1.165, 1.54) is 11.8 Å². The van der Waals surface area contributed by atoms with E-state index in [2.05, 4.69) is 46.3 Å². The molecule has 1 N–H and O–H groups in total. The zero-order valence-corrected chi connectivity index (χ0v) is 27.3. The Morgan fingerprint density at radius 2 is 1.70 bits per heavy atom. The predicted molar refractivity (Wildman–Crippen MR) is 182 cm³/mol. The average Bonchev–Trinajstić information content (AvgIpc) is 3.70. The Hall–Kier alpha value is -4.28. The van der Waals surface area contributed by atoms with Gasteiger partial charge in [0.2, 0.25) is 5.91 Å². The van der Waals surface area contributed by atoms with Gasteiger partial charge in [-0.2, -0.15) is 0 Å². The first-order chi connectivity index (χ1) is 22.1. The van der Waals surface area contributed by atoms with Crippen molar-refractivity contribution < 1.29 is 13.2 Å². The number of benzene rings is 2. The summed E-state index contributed by atoms with van der Waals surface area (Å²) in [6, 6.07) is 20.9. The average molecular weight is 638 g/mol. The van der Waals surface area contributed by atoms with Crippen LogP contribution in [0.3, 0.4) is 0 Å². The Morgan fingerprint density at radius 3 is 2.35 bits per heavy atom. The van der Waals surface area contributed by atoms with Crippen LogP contribution in [0.15, 0.2) is 71.7 Å². The van der Waals surface area contributed by atoms with Crippen molar-refractivity contribution in [2.45, 2.75) is 43.9 Å². The first kappa shape index (κ1) is 30.4. The minimum Gasteiger partial charge on any atom is -0.342 e. The van der Waals surface area contributed by atoms with E-state index in [-0.39, 0.29) is 22.6 Å². The number of piperidine rings is 1. The lowest BCUT2D eigenvalue weighted by Crippen LogP contribution is -2.38. The molecule has 238 valence electrons. The van der Waals surface area contributed by atoms with Gasteiger partial charge in [0.25, 0.3) is 5.56 Å². The van der Waals surface area contributed by atoms with Gasteiger partial charge in [0.05, 0.1) is 22.7 Å². The van der Waals surface area contributed by atoms with E-state index in [4.69, 9.17) is 4.98 Å². The summed E-state index contributed by atoms with van der Waals surface area (Å²) in [4.78, 5) is 38.2. The van der Waals surface area contributed by atoms with Gasteiger partial charge in [0.15, 0.2) is 0 Å². The molecule has 5 aromatic rings. The molecule has 1 unspecified atom stereocenters. The van der Waals surface area contributed by atoms with Crippen molar-refractivity contribution in [2.75, 3.05) is 32.4 Å². The zero-order chi connectivity index (χ0) is 32.2. The fourth-order valence-corrected chi connectivity index (χ4v) is 8.40. The van der Waals surface area contributed by atoms with Gasteiger partial charge in [-0.3, -0.25) is 14.5 Å². The first-order valence-corrected chi connectivity index (χ1v) is 17.9. The third-order valence-electron chi connectivity index (χ3n) is 9.98. The number of aryl methyl sites for hydroxylation is 1. The molecule has 2 aliphatic rings. The van der Waals surface area contributed by atoms with E-state index >= 15 is 0 Å². The lowest BCUT2D eigenvalue weighted by atomic mass is 9.94. The summed E-state index contributed by atoms with van der Waals surface area (Å²) < 4.78 is 25.7. The molecule has 5 heterocycles. The van der Waals surface area contributed by atoms with Crippen LogP contribution >= 0.6 is 0 Å². The Balaban J connectivity index is 1.30. The maximum absolute atomic E-state index is 13.6. The molecule has 2 fully saturated rings. The molecule has 0 radical (unpaired) electrons. The molecule has 7 rings (SSSR count). The van der Waals surface area contributed by atoms with E-state index in [0.717, 1.165) is 75.9 Å². The van der Waals surface area contributed by atoms with Gasteiger partial charge in [0, 0.05) is 67.7 Å². The van der Waals surface area contributed by atoms with Crippen LogP contribution in [0.5, 0.6) is 0 Å². The predicted octanol–water partition coefficient (Wildman–Crippen LogP) is 5.09. The summed E-state index contributed by atoms with van der Waals surface area (Å²) in [6.45, 7) is 5.12. The van der Waals surface area contributed by atoms with E-state index in [9.17, 15) is 18.0 Å². The number of hydrogen-bond donors (Lipinski definition) is 1. The molecule has 1 atom stereocenters. The van der Waals surface area contributed by atoms with Crippen molar-refractivity contribution in [3.8, 4) is 22.4 Å². The number of rotatable bonds is 6. The van der Waals surface area contributed by atoms with Crippen LogP contribution in [-0.4, -0.2) is 76.3 Å².